The number of halogens is 1. The van der Waals surface area contributed by atoms with Gasteiger partial charge in [0.05, 0.1) is 6.10 Å². The molecule has 0 heterocycles. The monoisotopic (exact) mass is 196 g/mol. The summed E-state index contributed by atoms with van der Waals surface area (Å²) in [7, 11) is 0. The Labute approximate surface area is 83.3 Å². The quantitative estimate of drug-likeness (QED) is 0.771. The molecule has 1 aliphatic rings. The fourth-order valence-corrected chi connectivity index (χ4v) is 1.79. The van der Waals surface area contributed by atoms with Crippen molar-refractivity contribution >= 4 is 11.6 Å². The number of aryl methyl sites for hydroxylation is 1. The molecule has 0 bridgehead atoms. The number of aliphatic hydroxyl groups excluding tert-OH is 1. The van der Waals surface area contributed by atoms with E-state index >= 15 is 0 Å². The summed E-state index contributed by atoms with van der Waals surface area (Å²) in [5, 5.41) is 10.6. The average molecular weight is 197 g/mol. The van der Waals surface area contributed by atoms with Crippen LogP contribution < -0.4 is 0 Å². The number of hydrogen-bond donors (Lipinski definition) is 1. The van der Waals surface area contributed by atoms with Gasteiger partial charge >= 0.3 is 0 Å². The summed E-state index contributed by atoms with van der Waals surface area (Å²) < 4.78 is 0. The molecule has 1 fully saturated rings. The summed E-state index contributed by atoms with van der Waals surface area (Å²) in [6.07, 6.45) is 1.91. The van der Waals surface area contributed by atoms with Crippen LogP contribution in [0.3, 0.4) is 0 Å². The van der Waals surface area contributed by atoms with Crippen LogP contribution in [0.5, 0.6) is 0 Å². The molecule has 2 heteroatoms. The van der Waals surface area contributed by atoms with Gasteiger partial charge in [-0.05, 0) is 37.3 Å². The zero-order chi connectivity index (χ0) is 9.42. The third-order valence-corrected chi connectivity index (χ3v) is 2.88. The lowest BCUT2D eigenvalue weighted by atomic mass is 10.0. The van der Waals surface area contributed by atoms with Crippen LogP contribution in [0.2, 0.25) is 5.02 Å². The van der Waals surface area contributed by atoms with Gasteiger partial charge in [-0.2, -0.15) is 0 Å². The predicted molar refractivity (Wildman–Crippen MR) is 53.9 cm³/mol. The lowest BCUT2D eigenvalue weighted by molar-refractivity contribution is 0.154. The Kier molecular flexibility index (Phi) is 2.31. The Morgan fingerprint density at radius 1 is 1.46 bits per heavy atom. The van der Waals surface area contributed by atoms with Crippen molar-refractivity contribution in [2.75, 3.05) is 0 Å². The van der Waals surface area contributed by atoms with E-state index in [1.165, 1.54) is 0 Å². The minimum atomic E-state index is -0.354. The van der Waals surface area contributed by atoms with Gasteiger partial charge in [-0.15, -0.1) is 0 Å². The lowest BCUT2D eigenvalue weighted by Gasteiger charge is -2.11. The molecule has 0 aromatic heterocycles. The van der Waals surface area contributed by atoms with Crippen molar-refractivity contribution < 1.29 is 5.11 Å². The average Bonchev–Trinajstić information content (AvgIpc) is 2.91. The van der Waals surface area contributed by atoms with Crippen LogP contribution in [0, 0.1) is 12.8 Å². The van der Waals surface area contributed by atoms with E-state index in [0.29, 0.717) is 10.9 Å². The SMILES string of the molecule is Cc1ccc(Cl)c(C(O)C2CC2)c1. The van der Waals surface area contributed by atoms with E-state index in [1.807, 2.05) is 25.1 Å². The van der Waals surface area contributed by atoms with Gasteiger partial charge in [0.2, 0.25) is 0 Å². The van der Waals surface area contributed by atoms with Crippen molar-refractivity contribution in [2.24, 2.45) is 5.92 Å². The molecule has 13 heavy (non-hydrogen) atoms. The maximum Gasteiger partial charge on any atom is 0.0832 e. The first-order chi connectivity index (χ1) is 6.18. The summed E-state index contributed by atoms with van der Waals surface area (Å²) >= 11 is 6.00. The van der Waals surface area contributed by atoms with Gasteiger partial charge in [0.25, 0.3) is 0 Å². The molecule has 70 valence electrons. The topological polar surface area (TPSA) is 20.2 Å². The third-order valence-electron chi connectivity index (χ3n) is 2.54. The maximum atomic E-state index is 9.88. The van der Waals surface area contributed by atoms with Crippen LogP contribution in [0.15, 0.2) is 18.2 Å². The Bertz CT molecular complexity index is 318. The van der Waals surface area contributed by atoms with E-state index in [1.54, 1.807) is 0 Å². The Hall–Kier alpha value is -0.530. The molecule has 1 N–H and O–H groups in total. The number of rotatable bonds is 2. The third kappa shape index (κ3) is 1.87. The van der Waals surface area contributed by atoms with E-state index in [0.717, 1.165) is 24.0 Å². The van der Waals surface area contributed by atoms with Gasteiger partial charge in [0.1, 0.15) is 0 Å². The normalized spacial score (nSPS) is 18.7. The smallest absolute Gasteiger partial charge is 0.0832 e. The zero-order valence-corrected chi connectivity index (χ0v) is 8.38. The molecule has 1 aromatic carbocycles. The molecule has 1 aliphatic carbocycles. The molecule has 1 unspecified atom stereocenters. The molecule has 0 aliphatic heterocycles. The second-order valence-electron chi connectivity index (χ2n) is 3.81. The second kappa shape index (κ2) is 3.32. The summed E-state index contributed by atoms with van der Waals surface area (Å²) in [5.74, 6) is 0.444. The largest absolute Gasteiger partial charge is 0.388 e. The van der Waals surface area contributed by atoms with Gasteiger partial charge in [0.15, 0.2) is 0 Å². The van der Waals surface area contributed by atoms with Crippen LogP contribution in [0.25, 0.3) is 0 Å². The highest BCUT2D eigenvalue weighted by Crippen LogP contribution is 2.42. The van der Waals surface area contributed by atoms with E-state index < -0.39 is 0 Å². The predicted octanol–water partition coefficient (Wildman–Crippen LogP) is 3.09. The van der Waals surface area contributed by atoms with E-state index in [4.69, 9.17) is 11.6 Å². The molecule has 1 atom stereocenters. The van der Waals surface area contributed by atoms with E-state index in [2.05, 4.69) is 0 Å². The Balaban J connectivity index is 2.31. The van der Waals surface area contributed by atoms with Crippen molar-refractivity contribution in [1.29, 1.82) is 0 Å². The lowest BCUT2D eigenvalue weighted by Crippen LogP contribution is -2.00. The van der Waals surface area contributed by atoms with Crippen molar-refractivity contribution in [3.63, 3.8) is 0 Å². The van der Waals surface area contributed by atoms with Gasteiger partial charge < -0.3 is 5.11 Å². The fraction of sp³-hybridized carbons (Fsp3) is 0.455. The second-order valence-corrected chi connectivity index (χ2v) is 4.21. The first-order valence-electron chi connectivity index (χ1n) is 4.62. The zero-order valence-electron chi connectivity index (χ0n) is 7.63. The minimum absolute atomic E-state index is 0.354. The molecular formula is C11H13ClO. The van der Waals surface area contributed by atoms with Gasteiger partial charge in [-0.25, -0.2) is 0 Å². The van der Waals surface area contributed by atoms with Crippen LogP contribution in [0.1, 0.15) is 30.1 Å². The van der Waals surface area contributed by atoms with Gasteiger partial charge in [-0.3, -0.25) is 0 Å². The molecule has 2 rings (SSSR count). The summed E-state index contributed by atoms with van der Waals surface area (Å²) in [6, 6.07) is 5.80. The first kappa shape index (κ1) is 9.04. The van der Waals surface area contributed by atoms with Gasteiger partial charge in [-0.1, -0.05) is 29.3 Å². The van der Waals surface area contributed by atoms with Crippen molar-refractivity contribution in [3.8, 4) is 0 Å². The summed E-state index contributed by atoms with van der Waals surface area (Å²) in [5.41, 5.74) is 2.04. The van der Waals surface area contributed by atoms with E-state index in [9.17, 15) is 5.11 Å². The molecular weight excluding hydrogens is 184 g/mol. The minimum Gasteiger partial charge on any atom is -0.388 e. The highest BCUT2D eigenvalue weighted by molar-refractivity contribution is 6.31. The molecule has 0 amide bonds. The molecule has 0 saturated heterocycles. The fourth-order valence-electron chi connectivity index (χ4n) is 1.56. The van der Waals surface area contributed by atoms with Crippen molar-refractivity contribution in [3.05, 3.63) is 34.3 Å². The Morgan fingerprint density at radius 2 is 2.15 bits per heavy atom. The van der Waals surface area contributed by atoms with Crippen LogP contribution >= 0.6 is 11.6 Å². The van der Waals surface area contributed by atoms with E-state index in [-0.39, 0.29) is 6.10 Å². The maximum absolute atomic E-state index is 9.88. The van der Waals surface area contributed by atoms with Crippen molar-refractivity contribution in [2.45, 2.75) is 25.9 Å². The standard InChI is InChI=1S/C11H13ClO/c1-7-2-5-10(12)9(6-7)11(13)8-3-4-8/h2,5-6,8,11,13H,3-4H2,1H3. The first-order valence-corrected chi connectivity index (χ1v) is 5.00. The number of hydrogen-bond acceptors (Lipinski definition) is 1. The molecule has 1 nitrogen and oxygen atoms in total. The number of aliphatic hydroxyl groups is 1. The van der Waals surface area contributed by atoms with Gasteiger partial charge in [0, 0.05) is 5.02 Å². The summed E-state index contributed by atoms with van der Waals surface area (Å²) in [6.45, 7) is 2.01. The van der Waals surface area contributed by atoms with Crippen LogP contribution in [-0.2, 0) is 0 Å². The van der Waals surface area contributed by atoms with Crippen molar-refractivity contribution in [1.82, 2.24) is 0 Å². The molecule has 1 aromatic rings. The molecule has 0 radical (unpaired) electrons. The Morgan fingerprint density at radius 3 is 2.77 bits per heavy atom. The number of benzene rings is 1. The molecule has 1 saturated carbocycles. The highest BCUT2D eigenvalue weighted by Gasteiger charge is 2.31. The van der Waals surface area contributed by atoms with Crippen LogP contribution in [0.4, 0.5) is 0 Å². The summed E-state index contributed by atoms with van der Waals surface area (Å²) in [4.78, 5) is 0. The highest BCUT2D eigenvalue weighted by atomic mass is 35.5. The molecule has 0 spiro atoms. The van der Waals surface area contributed by atoms with Crippen LogP contribution in [-0.4, -0.2) is 5.11 Å².